The van der Waals surface area contributed by atoms with Crippen LogP contribution in [0.1, 0.15) is 30.9 Å². The maximum atomic E-state index is 12.6. The molecule has 6 nitrogen and oxygen atoms in total. The monoisotopic (exact) mass is 388 g/mol. The van der Waals surface area contributed by atoms with Gasteiger partial charge in [-0.1, -0.05) is 12.1 Å². The first-order valence-corrected chi connectivity index (χ1v) is 10.3. The zero-order valence-electron chi connectivity index (χ0n) is 18.2. The lowest BCUT2D eigenvalue weighted by Gasteiger charge is -2.37. The summed E-state index contributed by atoms with van der Waals surface area (Å²) in [5.74, 6) is 0.200. The lowest BCUT2D eigenvalue weighted by molar-refractivity contribution is -0.133. The van der Waals surface area contributed by atoms with E-state index >= 15 is 0 Å². The summed E-state index contributed by atoms with van der Waals surface area (Å²) in [6.07, 6.45) is 1.33. The van der Waals surface area contributed by atoms with Gasteiger partial charge in [0, 0.05) is 58.3 Å². The molecule has 0 N–H and O–H groups in total. The number of carbonyl (C=O) groups excluding carboxylic acids is 2. The van der Waals surface area contributed by atoms with Gasteiger partial charge in [0.25, 0.3) is 0 Å². The Kier molecular flexibility index (Phi) is 8.30. The summed E-state index contributed by atoms with van der Waals surface area (Å²) in [7, 11) is 4.05. The zero-order valence-corrected chi connectivity index (χ0v) is 18.2. The average molecular weight is 389 g/mol. The third kappa shape index (κ3) is 6.23. The Labute approximate surface area is 170 Å². The smallest absolute Gasteiger partial charge is 0.224 e. The first-order chi connectivity index (χ1) is 13.3. The predicted molar refractivity (Wildman–Crippen MR) is 115 cm³/mol. The fraction of sp³-hybridized carbons (Fsp3) is 0.636. The van der Waals surface area contributed by atoms with Gasteiger partial charge in [0.2, 0.25) is 11.8 Å². The SMILES string of the molecule is CC(=O)N(CCCN(C)C)CCC(=O)N1CCN(c2cccc(C)c2C)CC1. The summed E-state index contributed by atoms with van der Waals surface area (Å²) >= 11 is 0. The van der Waals surface area contributed by atoms with Crippen LogP contribution in [-0.2, 0) is 9.59 Å². The normalized spacial score (nSPS) is 14.5. The molecule has 28 heavy (non-hydrogen) atoms. The molecule has 2 rings (SSSR count). The molecule has 6 heteroatoms. The lowest BCUT2D eigenvalue weighted by atomic mass is 10.1. The highest BCUT2D eigenvalue weighted by atomic mass is 16.2. The molecule has 1 heterocycles. The van der Waals surface area contributed by atoms with Crippen LogP contribution in [-0.4, -0.2) is 86.4 Å². The molecule has 1 aliphatic heterocycles. The number of aryl methyl sites for hydroxylation is 1. The molecule has 1 aliphatic rings. The Morgan fingerprint density at radius 2 is 1.68 bits per heavy atom. The van der Waals surface area contributed by atoms with Gasteiger partial charge in [-0.05, 0) is 58.1 Å². The van der Waals surface area contributed by atoms with E-state index in [1.165, 1.54) is 16.8 Å². The second-order valence-corrected chi connectivity index (χ2v) is 8.00. The first kappa shape index (κ1) is 22.2. The van der Waals surface area contributed by atoms with Crippen LogP contribution in [0.25, 0.3) is 0 Å². The molecule has 0 radical (unpaired) electrons. The maximum Gasteiger partial charge on any atom is 0.224 e. The van der Waals surface area contributed by atoms with Gasteiger partial charge in [-0.15, -0.1) is 0 Å². The molecule has 1 fully saturated rings. The standard InChI is InChI=1S/C22H36N4O2/c1-18-8-6-9-21(19(18)2)25-14-16-26(17-15-25)22(28)10-13-24(20(3)27)12-7-11-23(4)5/h6,8-9H,7,10-17H2,1-5H3. The van der Waals surface area contributed by atoms with Crippen LogP contribution in [0.4, 0.5) is 5.69 Å². The highest BCUT2D eigenvalue weighted by Gasteiger charge is 2.23. The molecule has 0 aliphatic carbocycles. The van der Waals surface area contributed by atoms with Crippen molar-refractivity contribution in [3.63, 3.8) is 0 Å². The van der Waals surface area contributed by atoms with Gasteiger partial charge in [0.05, 0.1) is 0 Å². The van der Waals surface area contributed by atoms with E-state index in [-0.39, 0.29) is 11.8 Å². The number of amides is 2. The molecule has 0 spiro atoms. The van der Waals surface area contributed by atoms with E-state index in [0.29, 0.717) is 19.5 Å². The van der Waals surface area contributed by atoms with Crippen molar-refractivity contribution >= 4 is 17.5 Å². The molecule has 1 aromatic carbocycles. The average Bonchev–Trinajstić information content (AvgIpc) is 2.66. The Morgan fingerprint density at radius 1 is 1.00 bits per heavy atom. The van der Waals surface area contributed by atoms with Crippen LogP contribution < -0.4 is 4.90 Å². The van der Waals surface area contributed by atoms with Crippen LogP contribution in [0, 0.1) is 13.8 Å². The van der Waals surface area contributed by atoms with Gasteiger partial charge < -0.3 is 19.6 Å². The van der Waals surface area contributed by atoms with E-state index in [0.717, 1.165) is 39.1 Å². The van der Waals surface area contributed by atoms with Crippen molar-refractivity contribution < 1.29 is 9.59 Å². The fourth-order valence-corrected chi connectivity index (χ4v) is 3.67. The van der Waals surface area contributed by atoms with Gasteiger partial charge in [0.1, 0.15) is 0 Å². The van der Waals surface area contributed by atoms with E-state index in [4.69, 9.17) is 0 Å². The number of piperazine rings is 1. The van der Waals surface area contributed by atoms with Gasteiger partial charge in [-0.25, -0.2) is 0 Å². The van der Waals surface area contributed by atoms with Crippen molar-refractivity contribution in [1.29, 1.82) is 0 Å². The molecule has 0 unspecified atom stereocenters. The summed E-state index contributed by atoms with van der Waals surface area (Å²) in [5, 5.41) is 0. The van der Waals surface area contributed by atoms with Crippen LogP contribution in [0.15, 0.2) is 18.2 Å². The maximum absolute atomic E-state index is 12.6. The molecule has 1 aromatic rings. The number of hydrogen-bond donors (Lipinski definition) is 0. The van der Waals surface area contributed by atoms with E-state index in [9.17, 15) is 9.59 Å². The molecule has 1 saturated heterocycles. The zero-order chi connectivity index (χ0) is 20.7. The number of nitrogens with zero attached hydrogens (tertiary/aromatic N) is 4. The summed E-state index contributed by atoms with van der Waals surface area (Å²) in [6, 6.07) is 6.40. The van der Waals surface area contributed by atoms with Crippen molar-refractivity contribution in [3.8, 4) is 0 Å². The highest BCUT2D eigenvalue weighted by Crippen LogP contribution is 2.24. The van der Waals surface area contributed by atoms with Crippen molar-refractivity contribution in [1.82, 2.24) is 14.7 Å². The highest BCUT2D eigenvalue weighted by molar-refractivity contribution is 5.78. The molecule has 0 aromatic heterocycles. The van der Waals surface area contributed by atoms with Crippen molar-refractivity contribution in [2.45, 2.75) is 33.6 Å². The molecule has 2 amide bonds. The predicted octanol–water partition coefficient (Wildman–Crippen LogP) is 2.14. The molecular weight excluding hydrogens is 352 g/mol. The second kappa shape index (κ2) is 10.5. The van der Waals surface area contributed by atoms with E-state index in [1.54, 1.807) is 11.8 Å². The van der Waals surface area contributed by atoms with E-state index in [1.807, 2.05) is 19.0 Å². The molecular formula is C22H36N4O2. The summed E-state index contributed by atoms with van der Waals surface area (Å²) in [4.78, 5) is 32.7. The third-order valence-corrected chi connectivity index (χ3v) is 5.62. The Hall–Kier alpha value is -2.08. The van der Waals surface area contributed by atoms with Gasteiger partial charge in [-0.2, -0.15) is 0 Å². The molecule has 0 saturated carbocycles. The molecule has 156 valence electrons. The Balaban J connectivity index is 1.81. The number of benzene rings is 1. The van der Waals surface area contributed by atoms with Crippen molar-refractivity contribution in [2.24, 2.45) is 0 Å². The van der Waals surface area contributed by atoms with Gasteiger partial charge in [0.15, 0.2) is 0 Å². The minimum Gasteiger partial charge on any atom is -0.368 e. The summed E-state index contributed by atoms with van der Waals surface area (Å²) in [6.45, 7) is 11.2. The van der Waals surface area contributed by atoms with E-state index < -0.39 is 0 Å². The van der Waals surface area contributed by atoms with Crippen molar-refractivity contribution in [3.05, 3.63) is 29.3 Å². The molecule has 0 bridgehead atoms. The van der Waals surface area contributed by atoms with E-state index in [2.05, 4.69) is 41.8 Å². The van der Waals surface area contributed by atoms with Crippen LogP contribution in [0.3, 0.4) is 0 Å². The quantitative estimate of drug-likeness (QED) is 0.685. The topological polar surface area (TPSA) is 47.1 Å². The van der Waals surface area contributed by atoms with Crippen LogP contribution >= 0.6 is 0 Å². The van der Waals surface area contributed by atoms with Gasteiger partial charge >= 0.3 is 0 Å². The number of hydrogen-bond acceptors (Lipinski definition) is 4. The second-order valence-electron chi connectivity index (χ2n) is 8.00. The minimum absolute atomic E-state index is 0.0475. The number of carbonyl (C=O) groups is 2. The number of rotatable bonds is 8. The molecule has 0 atom stereocenters. The minimum atomic E-state index is 0.0475. The fourth-order valence-electron chi connectivity index (χ4n) is 3.67. The van der Waals surface area contributed by atoms with Gasteiger partial charge in [-0.3, -0.25) is 9.59 Å². The Morgan fingerprint density at radius 3 is 2.29 bits per heavy atom. The third-order valence-electron chi connectivity index (χ3n) is 5.62. The van der Waals surface area contributed by atoms with Crippen molar-refractivity contribution in [2.75, 3.05) is 64.8 Å². The Bertz CT molecular complexity index is 667. The summed E-state index contributed by atoms with van der Waals surface area (Å²) in [5.41, 5.74) is 3.89. The summed E-state index contributed by atoms with van der Waals surface area (Å²) < 4.78 is 0. The lowest BCUT2D eigenvalue weighted by Crippen LogP contribution is -2.49. The largest absolute Gasteiger partial charge is 0.368 e. The van der Waals surface area contributed by atoms with Crippen LogP contribution in [0.5, 0.6) is 0 Å². The number of anilines is 1. The van der Waals surface area contributed by atoms with Crippen LogP contribution in [0.2, 0.25) is 0 Å². The first-order valence-electron chi connectivity index (χ1n) is 10.3.